The summed E-state index contributed by atoms with van der Waals surface area (Å²) < 4.78 is 5.22. The lowest BCUT2D eigenvalue weighted by atomic mass is 9.68. The maximum atomic E-state index is 11.0. The molecule has 0 fully saturated rings. The molecule has 0 aromatic heterocycles. The summed E-state index contributed by atoms with van der Waals surface area (Å²) in [7, 11) is 1.59. The van der Waals surface area contributed by atoms with Gasteiger partial charge in [-0.2, -0.15) is 0 Å². The predicted molar refractivity (Wildman–Crippen MR) is 71.2 cm³/mol. The third-order valence-corrected chi connectivity index (χ3v) is 4.01. The number of hydrogen-bond acceptors (Lipinski definition) is 4. The van der Waals surface area contributed by atoms with Crippen molar-refractivity contribution in [3.8, 4) is 5.75 Å². The summed E-state index contributed by atoms with van der Waals surface area (Å²) in [5.41, 5.74) is 1.56. The number of rotatable bonds is 5. The Labute approximate surface area is 112 Å². The zero-order valence-electron chi connectivity index (χ0n) is 11.1. The molecule has 1 aliphatic carbocycles. The number of aliphatic hydroxyl groups is 1. The minimum atomic E-state index is -0.555. The van der Waals surface area contributed by atoms with Gasteiger partial charge in [0, 0.05) is 11.5 Å². The third kappa shape index (κ3) is 2.71. The molecule has 0 bridgehead atoms. The molecule has 19 heavy (non-hydrogen) atoms. The van der Waals surface area contributed by atoms with Crippen LogP contribution < -0.4 is 4.74 Å². The molecule has 1 aromatic carbocycles. The van der Waals surface area contributed by atoms with Crippen LogP contribution in [0.2, 0.25) is 0 Å². The Morgan fingerprint density at radius 3 is 2.95 bits per heavy atom. The average Bonchev–Trinajstić information content (AvgIpc) is 2.38. The van der Waals surface area contributed by atoms with Gasteiger partial charge in [0.15, 0.2) is 0 Å². The first-order valence-electron chi connectivity index (χ1n) is 6.51. The van der Waals surface area contributed by atoms with Gasteiger partial charge in [0.1, 0.15) is 5.75 Å². The molecule has 1 N–H and O–H groups in total. The molecule has 0 heterocycles. The fourth-order valence-corrected chi connectivity index (χ4v) is 3.11. The van der Waals surface area contributed by atoms with Crippen LogP contribution in [0.15, 0.2) is 18.2 Å². The average molecular weight is 265 g/mol. The Balaban J connectivity index is 2.48. The van der Waals surface area contributed by atoms with E-state index in [9.17, 15) is 15.2 Å². The molecule has 0 spiro atoms. The van der Waals surface area contributed by atoms with Crippen LogP contribution in [0, 0.1) is 10.1 Å². The quantitative estimate of drug-likeness (QED) is 0.652. The molecule has 0 amide bonds. The summed E-state index contributed by atoms with van der Waals surface area (Å²) in [6.45, 7) is -0.168. The normalized spacial score (nSPS) is 21.8. The molecule has 0 aliphatic heterocycles. The van der Waals surface area contributed by atoms with Crippen LogP contribution in [0.4, 0.5) is 0 Å². The summed E-state index contributed by atoms with van der Waals surface area (Å²) in [5.74, 6) is 0.714. The zero-order chi connectivity index (χ0) is 13.9. The number of nitro groups is 1. The van der Waals surface area contributed by atoms with Gasteiger partial charge in [0.2, 0.25) is 6.54 Å². The largest absolute Gasteiger partial charge is 0.497 e. The highest BCUT2D eigenvalue weighted by Crippen LogP contribution is 2.41. The second kappa shape index (κ2) is 5.57. The first-order valence-corrected chi connectivity index (χ1v) is 6.51. The second-order valence-corrected chi connectivity index (χ2v) is 5.12. The highest BCUT2D eigenvalue weighted by atomic mass is 16.6. The van der Waals surface area contributed by atoms with E-state index in [0.717, 1.165) is 30.4 Å². The third-order valence-electron chi connectivity index (χ3n) is 4.01. The van der Waals surface area contributed by atoms with E-state index >= 15 is 0 Å². The van der Waals surface area contributed by atoms with Crippen molar-refractivity contribution in [1.82, 2.24) is 0 Å². The van der Waals surface area contributed by atoms with Gasteiger partial charge in [-0.05, 0) is 48.9 Å². The Kier molecular flexibility index (Phi) is 4.04. The number of aryl methyl sites for hydroxylation is 1. The molecule has 1 atom stereocenters. The van der Waals surface area contributed by atoms with E-state index in [4.69, 9.17) is 4.74 Å². The fourth-order valence-electron chi connectivity index (χ4n) is 3.11. The van der Waals surface area contributed by atoms with Gasteiger partial charge < -0.3 is 9.84 Å². The summed E-state index contributed by atoms with van der Waals surface area (Å²) in [6, 6.07) is 5.77. The number of benzene rings is 1. The van der Waals surface area contributed by atoms with Crippen LogP contribution in [0.5, 0.6) is 5.75 Å². The van der Waals surface area contributed by atoms with Crippen molar-refractivity contribution in [3.05, 3.63) is 39.4 Å². The number of fused-ring (bicyclic) bond motifs is 1. The number of hydrogen-bond donors (Lipinski definition) is 1. The molecule has 0 saturated heterocycles. The van der Waals surface area contributed by atoms with E-state index in [2.05, 4.69) is 0 Å². The van der Waals surface area contributed by atoms with Crippen LogP contribution in [0.1, 0.15) is 30.4 Å². The lowest BCUT2D eigenvalue weighted by molar-refractivity contribution is -0.492. The standard InChI is InChI=1S/C14H19NO4/c1-19-12-5-4-11-3-2-6-14(7-8-16,10-15(17)18)13(11)9-12/h4-5,9,16H,2-3,6-8,10H2,1H3/t14-/m1/s1. The maximum absolute atomic E-state index is 11.0. The van der Waals surface area contributed by atoms with Gasteiger partial charge in [-0.15, -0.1) is 0 Å². The molecular weight excluding hydrogens is 246 g/mol. The zero-order valence-corrected chi connectivity index (χ0v) is 11.1. The molecule has 0 radical (unpaired) electrons. The van der Waals surface area contributed by atoms with Crippen LogP contribution >= 0.6 is 0 Å². The smallest absolute Gasteiger partial charge is 0.213 e. The van der Waals surface area contributed by atoms with E-state index in [-0.39, 0.29) is 18.1 Å². The van der Waals surface area contributed by atoms with E-state index in [1.165, 1.54) is 0 Å². The highest BCUT2D eigenvalue weighted by molar-refractivity contribution is 5.42. The van der Waals surface area contributed by atoms with E-state index in [1.54, 1.807) is 7.11 Å². The van der Waals surface area contributed by atoms with Gasteiger partial charge in [-0.1, -0.05) is 6.07 Å². The van der Waals surface area contributed by atoms with Crippen LogP contribution in [-0.2, 0) is 11.8 Å². The van der Waals surface area contributed by atoms with Crippen LogP contribution in [0.25, 0.3) is 0 Å². The lowest BCUT2D eigenvalue weighted by Gasteiger charge is -2.35. The Hall–Kier alpha value is -1.62. The number of nitrogens with zero attached hydrogens (tertiary/aromatic N) is 1. The molecule has 2 rings (SSSR count). The fraction of sp³-hybridized carbons (Fsp3) is 0.571. The molecule has 5 nitrogen and oxygen atoms in total. The Bertz CT molecular complexity index is 475. The topological polar surface area (TPSA) is 72.6 Å². The first kappa shape index (κ1) is 13.8. The van der Waals surface area contributed by atoms with Gasteiger partial charge in [-0.3, -0.25) is 10.1 Å². The number of aliphatic hydroxyl groups excluding tert-OH is 1. The van der Waals surface area contributed by atoms with Crippen LogP contribution in [0.3, 0.4) is 0 Å². The highest BCUT2D eigenvalue weighted by Gasteiger charge is 2.40. The van der Waals surface area contributed by atoms with Crippen molar-refractivity contribution in [3.63, 3.8) is 0 Å². The van der Waals surface area contributed by atoms with Gasteiger partial charge in [0.05, 0.1) is 12.5 Å². The van der Waals surface area contributed by atoms with E-state index < -0.39 is 5.41 Å². The molecule has 104 valence electrons. The molecular formula is C14H19NO4. The minimum Gasteiger partial charge on any atom is -0.497 e. The van der Waals surface area contributed by atoms with Crippen molar-refractivity contribution < 1.29 is 14.8 Å². The van der Waals surface area contributed by atoms with Crippen molar-refractivity contribution >= 4 is 0 Å². The second-order valence-electron chi connectivity index (χ2n) is 5.12. The lowest BCUT2D eigenvalue weighted by Crippen LogP contribution is -2.38. The molecule has 1 aromatic rings. The minimum absolute atomic E-state index is 0.0372. The van der Waals surface area contributed by atoms with Crippen molar-refractivity contribution in [1.29, 1.82) is 0 Å². The molecule has 1 aliphatic rings. The molecule has 0 unspecified atom stereocenters. The van der Waals surface area contributed by atoms with Crippen molar-refractivity contribution in [2.45, 2.75) is 31.1 Å². The summed E-state index contributed by atoms with van der Waals surface area (Å²) in [6.07, 6.45) is 3.03. The summed E-state index contributed by atoms with van der Waals surface area (Å²) >= 11 is 0. The van der Waals surface area contributed by atoms with Gasteiger partial charge in [-0.25, -0.2) is 0 Å². The number of ether oxygens (including phenoxy) is 1. The summed E-state index contributed by atoms with van der Waals surface area (Å²) in [4.78, 5) is 10.7. The van der Waals surface area contributed by atoms with Crippen molar-refractivity contribution in [2.24, 2.45) is 0 Å². The number of methoxy groups -OCH3 is 1. The predicted octanol–water partition coefficient (Wildman–Crippen LogP) is 1.93. The van der Waals surface area contributed by atoms with Gasteiger partial charge in [0.25, 0.3) is 0 Å². The monoisotopic (exact) mass is 265 g/mol. The van der Waals surface area contributed by atoms with Gasteiger partial charge >= 0.3 is 0 Å². The summed E-state index contributed by atoms with van der Waals surface area (Å²) in [5, 5.41) is 20.3. The first-order chi connectivity index (χ1) is 9.11. The Morgan fingerprint density at radius 1 is 1.53 bits per heavy atom. The molecule has 5 heteroatoms. The Morgan fingerprint density at radius 2 is 2.32 bits per heavy atom. The van der Waals surface area contributed by atoms with E-state index in [0.29, 0.717) is 12.2 Å². The van der Waals surface area contributed by atoms with Crippen LogP contribution in [-0.4, -0.2) is 30.3 Å². The van der Waals surface area contributed by atoms with E-state index in [1.807, 2.05) is 18.2 Å². The SMILES string of the molecule is COc1ccc2c(c1)[C@](CCO)(C[N+](=O)[O-])CCC2. The van der Waals surface area contributed by atoms with Crippen molar-refractivity contribution in [2.75, 3.05) is 20.3 Å². The maximum Gasteiger partial charge on any atom is 0.213 e. The molecule has 0 saturated carbocycles.